The van der Waals surface area contributed by atoms with E-state index in [-0.39, 0.29) is 5.54 Å². The fourth-order valence-corrected chi connectivity index (χ4v) is 5.09. The van der Waals surface area contributed by atoms with Crippen molar-refractivity contribution in [2.45, 2.75) is 46.6 Å². The first kappa shape index (κ1) is 17.1. The van der Waals surface area contributed by atoms with Crippen LogP contribution in [0.25, 0.3) is 0 Å². The first-order valence-electron chi connectivity index (χ1n) is 6.69. The second-order valence-corrected chi connectivity index (χ2v) is 7.23. The maximum Gasteiger partial charge on any atom is 0.504 e. The maximum atomic E-state index is 5.89. The number of hydrogen-bond donors (Lipinski definition) is 1. The summed E-state index contributed by atoms with van der Waals surface area (Å²) in [5.41, 5.74) is 5.91. The van der Waals surface area contributed by atoms with E-state index in [1.165, 1.54) is 0 Å². The first-order valence-corrected chi connectivity index (χ1v) is 8.50. The number of nitrogens with two attached hydrogens (primary N) is 1. The summed E-state index contributed by atoms with van der Waals surface area (Å²) in [6.45, 7) is 12.9. The van der Waals surface area contributed by atoms with Gasteiger partial charge >= 0.3 is 8.80 Å². The Kier molecular flexibility index (Phi) is 9.08. The van der Waals surface area contributed by atoms with Gasteiger partial charge in [-0.15, -0.1) is 0 Å². The Labute approximate surface area is 107 Å². The predicted molar refractivity (Wildman–Crippen MR) is 72.9 cm³/mol. The Morgan fingerprint density at radius 1 is 0.941 bits per heavy atom. The number of rotatable bonds is 10. The largest absolute Gasteiger partial charge is 0.504 e. The summed E-state index contributed by atoms with van der Waals surface area (Å²) in [6, 6.07) is 0. The molecule has 0 aromatic heterocycles. The highest BCUT2D eigenvalue weighted by Gasteiger charge is 2.48. The minimum Gasteiger partial charge on any atom is -0.374 e. The second-order valence-electron chi connectivity index (χ2n) is 4.25. The molecule has 5 heteroatoms. The van der Waals surface area contributed by atoms with Crippen molar-refractivity contribution in [3.8, 4) is 0 Å². The zero-order valence-corrected chi connectivity index (χ0v) is 13.0. The van der Waals surface area contributed by atoms with Crippen molar-refractivity contribution < 1.29 is 13.3 Å². The molecular formula is C12H29NO3Si. The highest BCUT2D eigenvalue weighted by Crippen LogP contribution is 2.33. The van der Waals surface area contributed by atoms with E-state index >= 15 is 0 Å². The lowest BCUT2D eigenvalue weighted by Crippen LogP contribution is -2.51. The quantitative estimate of drug-likeness (QED) is 0.615. The van der Waals surface area contributed by atoms with E-state index in [2.05, 4.69) is 13.8 Å². The van der Waals surface area contributed by atoms with Gasteiger partial charge in [0.2, 0.25) is 0 Å². The molecule has 2 atom stereocenters. The molecule has 0 aliphatic carbocycles. The Hall–Kier alpha value is 0.0569. The van der Waals surface area contributed by atoms with Crippen LogP contribution in [0.5, 0.6) is 0 Å². The zero-order chi connectivity index (χ0) is 13.3. The fourth-order valence-electron chi connectivity index (χ4n) is 1.98. The van der Waals surface area contributed by atoms with Gasteiger partial charge in [-0.05, 0) is 39.7 Å². The van der Waals surface area contributed by atoms with Gasteiger partial charge in [-0.2, -0.15) is 0 Å². The van der Waals surface area contributed by atoms with Gasteiger partial charge in [0.15, 0.2) is 0 Å². The van der Waals surface area contributed by atoms with Crippen LogP contribution in [0.2, 0.25) is 5.54 Å². The van der Waals surface area contributed by atoms with Crippen molar-refractivity contribution in [2.75, 3.05) is 26.4 Å². The van der Waals surface area contributed by atoms with Crippen LogP contribution < -0.4 is 5.73 Å². The van der Waals surface area contributed by atoms with Crippen molar-refractivity contribution in [1.29, 1.82) is 0 Å². The molecule has 2 unspecified atom stereocenters. The SMILES string of the molecule is CCO[Si](OCC)(OCC)C(C)C(C)CCN. The van der Waals surface area contributed by atoms with Crippen LogP contribution in [0.3, 0.4) is 0 Å². The van der Waals surface area contributed by atoms with Crippen molar-refractivity contribution >= 4 is 8.80 Å². The first-order chi connectivity index (χ1) is 8.07. The smallest absolute Gasteiger partial charge is 0.374 e. The summed E-state index contributed by atoms with van der Waals surface area (Å²) in [6.07, 6.45) is 0.975. The summed E-state index contributed by atoms with van der Waals surface area (Å²) in [7, 11) is -2.55. The van der Waals surface area contributed by atoms with E-state index in [9.17, 15) is 0 Å². The lowest BCUT2D eigenvalue weighted by atomic mass is 10.1. The molecule has 104 valence electrons. The van der Waals surface area contributed by atoms with Gasteiger partial charge in [-0.25, -0.2) is 0 Å². The molecule has 0 saturated carbocycles. The van der Waals surface area contributed by atoms with E-state index in [0.29, 0.717) is 32.3 Å². The van der Waals surface area contributed by atoms with Crippen molar-refractivity contribution in [2.24, 2.45) is 11.7 Å². The normalized spacial score (nSPS) is 15.9. The van der Waals surface area contributed by atoms with Gasteiger partial charge in [0, 0.05) is 25.4 Å². The summed E-state index contributed by atoms with van der Waals surface area (Å²) in [5.74, 6) is 0.455. The van der Waals surface area contributed by atoms with E-state index in [0.717, 1.165) is 6.42 Å². The third-order valence-corrected chi connectivity index (χ3v) is 6.83. The Balaban J connectivity index is 4.82. The van der Waals surface area contributed by atoms with Gasteiger partial charge < -0.3 is 19.0 Å². The third-order valence-electron chi connectivity index (χ3n) is 3.07. The van der Waals surface area contributed by atoms with E-state index in [1.807, 2.05) is 20.8 Å². The molecule has 0 saturated heterocycles. The molecule has 0 aromatic rings. The zero-order valence-electron chi connectivity index (χ0n) is 12.0. The van der Waals surface area contributed by atoms with Crippen molar-refractivity contribution in [1.82, 2.24) is 0 Å². The monoisotopic (exact) mass is 263 g/mol. The molecule has 0 aliphatic heterocycles. The van der Waals surface area contributed by atoms with Crippen LogP contribution in [0, 0.1) is 5.92 Å². The van der Waals surface area contributed by atoms with Crippen LogP contribution in [0.15, 0.2) is 0 Å². The molecule has 0 bridgehead atoms. The average molecular weight is 263 g/mol. The van der Waals surface area contributed by atoms with Gasteiger partial charge in [0.25, 0.3) is 0 Å². The van der Waals surface area contributed by atoms with Crippen molar-refractivity contribution in [3.05, 3.63) is 0 Å². The molecule has 4 nitrogen and oxygen atoms in total. The molecule has 0 spiro atoms. The second kappa shape index (κ2) is 9.05. The molecule has 0 aliphatic rings. The van der Waals surface area contributed by atoms with E-state index in [4.69, 9.17) is 19.0 Å². The summed E-state index contributed by atoms with van der Waals surface area (Å²) in [5, 5.41) is 0. The molecule has 0 radical (unpaired) electrons. The van der Waals surface area contributed by atoms with Crippen LogP contribution >= 0.6 is 0 Å². The molecule has 2 N–H and O–H groups in total. The molecule has 17 heavy (non-hydrogen) atoms. The Morgan fingerprint density at radius 2 is 1.35 bits per heavy atom. The Morgan fingerprint density at radius 3 is 1.65 bits per heavy atom. The van der Waals surface area contributed by atoms with Gasteiger partial charge in [0.1, 0.15) is 0 Å². The summed E-state index contributed by atoms with van der Waals surface area (Å²) < 4.78 is 17.7. The summed E-state index contributed by atoms with van der Waals surface area (Å²) >= 11 is 0. The topological polar surface area (TPSA) is 53.7 Å². The Bertz CT molecular complexity index is 176. The third kappa shape index (κ3) is 5.05. The molecule has 0 rings (SSSR count). The number of hydrogen-bond acceptors (Lipinski definition) is 4. The minimum atomic E-state index is -2.55. The fraction of sp³-hybridized carbons (Fsp3) is 1.00. The molecule has 0 heterocycles. The van der Waals surface area contributed by atoms with Gasteiger partial charge in [-0.1, -0.05) is 13.8 Å². The standard InChI is InChI=1S/C12H29NO3Si/c1-6-14-17(15-7-2,16-8-3)12(5)11(4)9-10-13/h11-12H,6-10,13H2,1-5H3. The van der Waals surface area contributed by atoms with Crippen LogP contribution in [-0.2, 0) is 13.3 Å². The van der Waals surface area contributed by atoms with E-state index < -0.39 is 8.80 Å². The molecule has 0 amide bonds. The summed E-state index contributed by atoms with van der Waals surface area (Å²) in [4.78, 5) is 0. The highest BCUT2D eigenvalue weighted by atomic mass is 28.4. The maximum absolute atomic E-state index is 5.89. The van der Waals surface area contributed by atoms with Crippen LogP contribution in [0.4, 0.5) is 0 Å². The molecular weight excluding hydrogens is 234 g/mol. The van der Waals surface area contributed by atoms with Gasteiger partial charge in [0.05, 0.1) is 0 Å². The van der Waals surface area contributed by atoms with Crippen LogP contribution in [0.1, 0.15) is 41.0 Å². The van der Waals surface area contributed by atoms with Gasteiger partial charge in [-0.3, -0.25) is 0 Å². The van der Waals surface area contributed by atoms with Crippen molar-refractivity contribution in [3.63, 3.8) is 0 Å². The molecule has 0 aromatic carbocycles. The average Bonchev–Trinajstić information content (AvgIpc) is 2.29. The van der Waals surface area contributed by atoms with E-state index in [1.54, 1.807) is 0 Å². The predicted octanol–water partition coefficient (Wildman–Crippen LogP) is 2.41. The lowest BCUT2D eigenvalue weighted by molar-refractivity contribution is 0.0562. The lowest BCUT2D eigenvalue weighted by Gasteiger charge is -2.36. The highest BCUT2D eigenvalue weighted by molar-refractivity contribution is 6.62. The molecule has 0 fully saturated rings. The minimum absolute atomic E-state index is 0.283. The van der Waals surface area contributed by atoms with Crippen LogP contribution in [-0.4, -0.2) is 35.2 Å².